The number of halogens is 1. The number of rotatable bonds is 6. The highest BCUT2D eigenvalue weighted by Gasteiger charge is 2.06. The van der Waals surface area contributed by atoms with Gasteiger partial charge in [-0.25, -0.2) is 0 Å². The monoisotopic (exact) mass is 271 g/mol. The minimum atomic E-state index is 0.0939. The van der Waals surface area contributed by atoms with Crippen molar-refractivity contribution in [3.05, 3.63) is 34.9 Å². The maximum atomic E-state index is 11.5. The topological polar surface area (TPSA) is 29.1 Å². The summed E-state index contributed by atoms with van der Waals surface area (Å²) in [4.78, 5) is 11.5. The highest BCUT2D eigenvalue weighted by molar-refractivity contribution is 7.99. The lowest BCUT2D eigenvalue weighted by Gasteiger charge is -2.11. The van der Waals surface area contributed by atoms with Crippen LogP contribution in [0, 0.1) is 0 Å². The van der Waals surface area contributed by atoms with Crippen molar-refractivity contribution in [1.82, 2.24) is 5.32 Å². The fraction of sp³-hybridized carbons (Fsp3) is 0.462. The molecule has 0 aromatic heterocycles. The number of benzene rings is 1. The molecule has 0 aliphatic rings. The van der Waals surface area contributed by atoms with E-state index in [1.165, 1.54) is 0 Å². The van der Waals surface area contributed by atoms with Crippen LogP contribution in [0.1, 0.15) is 25.8 Å². The van der Waals surface area contributed by atoms with E-state index in [-0.39, 0.29) is 11.9 Å². The molecule has 1 unspecified atom stereocenters. The van der Waals surface area contributed by atoms with Crippen LogP contribution in [0.3, 0.4) is 0 Å². The highest BCUT2D eigenvalue weighted by atomic mass is 35.5. The SMILES string of the molecule is CCC(C)NC(=O)CSCc1ccccc1Cl. The lowest BCUT2D eigenvalue weighted by molar-refractivity contribution is -0.119. The van der Waals surface area contributed by atoms with Crippen molar-refractivity contribution in [2.45, 2.75) is 32.1 Å². The van der Waals surface area contributed by atoms with E-state index in [2.05, 4.69) is 12.2 Å². The third kappa shape index (κ3) is 5.46. The van der Waals surface area contributed by atoms with Crippen LogP contribution in [0.2, 0.25) is 5.02 Å². The smallest absolute Gasteiger partial charge is 0.230 e. The molecule has 0 bridgehead atoms. The zero-order chi connectivity index (χ0) is 12.7. The van der Waals surface area contributed by atoms with Gasteiger partial charge < -0.3 is 5.32 Å². The lowest BCUT2D eigenvalue weighted by atomic mass is 10.2. The molecule has 0 fully saturated rings. The summed E-state index contributed by atoms with van der Waals surface area (Å²) >= 11 is 7.62. The Labute approximate surface area is 112 Å². The molecule has 0 aliphatic heterocycles. The summed E-state index contributed by atoms with van der Waals surface area (Å²) in [6, 6.07) is 7.98. The van der Waals surface area contributed by atoms with E-state index in [1.807, 2.05) is 31.2 Å². The van der Waals surface area contributed by atoms with E-state index in [0.29, 0.717) is 5.75 Å². The van der Waals surface area contributed by atoms with Crippen molar-refractivity contribution >= 4 is 29.3 Å². The van der Waals surface area contributed by atoms with Gasteiger partial charge in [0.15, 0.2) is 0 Å². The highest BCUT2D eigenvalue weighted by Crippen LogP contribution is 2.20. The second kappa shape index (κ2) is 7.62. The molecule has 1 aromatic rings. The van der Waals surface area contributed by atoms with Gasteiger partial charge in [0, 0.05) is 16.8 Å². The summed E-state index contributed by atoms with van der Waals surface area (Å²) < 4.78 is 0. The van der Waals surface area contributed by atoms with Gasteiger partial charge in [-0.15, -0.1) is 11.8 Å². The maximum absolute atomic E-state index is 11.5. The Kier molecular flexibility index (Phi) is 6.45. The number of thioether (sulfide) groups is 1. The molecule has 1 rings (SSSR count). The maximum Gasteiger partial charge on any atom is 0.230 e. The number of hydrogen-bond donors (Lipinski definition) is 1. The molecule has 0 radical (unpaired) electrons. The quantitative estimate of drug-likeness (QED) is 0.858. The summed E-state index contributed by atoms with van der Waals surface area (Å²) in [6.45, 7) is 4.07. The van der Waals surface area contributed by atoms with E-state index in [9.17, 15) is 4.79 Å². The van der Waals surface area contributed by atoms with E-state index in [0.717, 1.165) is 22.8 Å². The van der Waals surface area contributed by atoms with E-state index in [4.69, 9.17) is 11.6 Å². The summed E-state index contributed by atoms with van der Waals surface area (Å²) in [5.74, 6) is 1.35. The minimum absolute atomic E-state index is 0.0939. The van der Waals surface area contributed by atoms with Gasteiger partial charge in [-0.3, -0.25) is 4.79 Å². The van der Waals surface area contributed by atoms with Crippen molar-refractivity contribution in [2.24, 2.45) is 0 Å². The van der Waals surface area contributed by atoms with Crippen LogP contribution in [0.5, 0.6) is 0 Å². The molecule has 2 nitrogen and oxygen atoms in total. The second-order valence-electron chi connectivity index (χ2n) is 3.96. The van der Waals surface area contributed by atoms with Gasteiger partial charge in [-0.05, 0) is 25.0 Å². The Hall–Kier alpha value is -0.670. The molecular formula is C13H18ClNOS. The molecule has 0 heterocycles. The molecule has 0 aliphatic carbocycles. The van der Waals surface area contributed by atoms with Crippen molar-refractivity contribution in [2.75, 3.05) is 5.75 Å². The molecule has 0 spiro atoms. The first-order valence-corrected chi connectivity index (χ1v) is 7.27. The fourth-order valence-corrected chi connectivity index (χ4v) is 2.41. The van der Waals surface area contributed by atoms with Gasteiger partial charge in [0.05, 0.1) is 5.75 Å². The molecule has 94 valence electrons. The number of carbonyl (C=O) groups is 1. The third-order valence-electron chi connectivity index (χ3n) is 2.47. The average Bonchev–Trinajstić information content (AvgIpc) is 2.31. The number of hydrogen-bond acceptors (Lipinski definition) is 2. The van der Waals surface area contributed by atoms with Gasteiger partial charge in [0.2, 0.25) is 5.91 Å². The van der Waals surface area contributed by atoms with Crippen molar-refractivity contribution in [3.63, 3.8) is 0 Å². The van der Waals surface area contributed by atoms with E-state index < -0.39 is 0 Å². The average molecular weight is 272 g/mol. The minimum Gasteiger partial charge on any atom is -0.353 e. The van der Waals surface area contributed by atoms with Crippen molar-refractivity contribution in [1.29, 1.82) is 0 Å². The van der Waals surface area contributed by atoms with Gasteiger partial charge in [-0.1, -0.05) is 36.7 Å². The molecule has 17 heavy (non-hydrogen) atoms. The Balaban J connectivity index is 2.29. The largest absolute Gasteiger partial charge is 0.353 e. The summed E-state index contributed by atoms with van der Waals surface area (Å²) in [6.07, 6.45) is 0.959. The first-order chi connectivity index (χ1) is 8.13. The number of amides is 1. The fourth-order valence-electron chi connectivity index (χ4n) is 1.29. The third-order valence-corrected chi connectivity index (χ3v) is 3.82. The first-order valence-electron chi connectivity index (χ1n) is 5.74. The summed E-state index contributed by atoms with van der Waals surface area (Å²) in [5, 5.41) is 3.70. The molecule has 1 atom stereocenters. The zero-order valence-corrected chi connectivity index (χ0v) is 11.8. The molecule has 0 saturated heterocycles. The van der Waals surface area contributed by atoms with Gasteiger partial charge in [0.1, 0.15) is 0 Å². The summed E-state index contributed by atoms with van der Waals surface area (Å²) in [7, 11) is 0. The predicted molar refractivity (Wildman–Crippen MR) is 75.5 cm³/mol. The molecule has 1 amide bonds. The Bertz CT molecular complexity index is 370. The summed E-state index contributed by atoms with van der Waals surface area (Å²) in [5.41, 5.74) is 1.08. The van der Waals surface area contributed by atoms with Crippen LogP contribution in [-0.2, 0) is 10.5 Å². The van der Waals surface area contributed by atoms with Crippen LogP contribution in [0.4, 0.5) is 0 Å². The molecule has 4 heteroatoms. The van der Waals surface area contributed by atoms with Gasteiger partial charge in [-0.2, -0.15) is 0 Å². The van der Waals surface area contributed by atoms with Crippen LogP contribution in [0.15, 0.2) is 24.3 Å². The van der Waals surface area contributed by atoms with Gasteiger partial charge in [0.25, 0.3) is 0 Å². The first kappa shape index (κ1) is 14.4. The molecule has 0 saturated carbocycles. The van der Waals surface area contributed by atoms with Crippen LogP contribution < -0.4 is 5.32 Å². The van der Waals surface area contributed by atoms with Crippen molar-refractivity contribution in [3.8, 4) is 0 Å². The van der Waals surface area contributed by atoms with E-state index >= 15 is 0 Å². The van der Waals surface area contributed by atoms with Crippen LogP contribution in [-0.4, -0.2) is 17.7 Å². The van der Waals surface area contributed by atoms with Gasteiger partial charge >= 0.3 is 0 Å². The van der Waals surface area contributed by atoms with Crippen molar-refractivity contribution < 1.29 is 4.79 Å². The normalized spacial score (nSPS) is 12.2. The Morgan fingerprint density at radius 2 is 2.18 bits per heavy atom. The number of nitrogens with one attached hydrogen (secondary N) is 1. The van der Waals surface area contributed by atoms with Crippen LogP contribution >= 0.6 is 23.4 Å². The van der Waals surface area contributed by atoms with E-state index in [1.54, 1.807) is 11.8 Å². The molecule has 1 aromatic carbocycles. The Morgan fingerprint density at radius 1 is 1.47 bits per heavy atom. The predicted octanol–water partition coefficient (Wildman–Crippen LogP) is 3.49. The van der Waals surface area contributed by atoms with Crippen LogP contribution in [0.25, 0.3) is 0 Å². The second-order valence-corrected chi connectivity index (χ2v) is 5.35. The molecule has 1 N–H and O–H groups in total. The molecular weight excluding hydrogens is 254 g/mol. The zero-order valence-electron chi connectivity index (χ0n) is 10.2. The Morgan fingerprint density at radius 3 is 2.82 bits per heavy atom. The standard InChI is InChI=1S/C13H18ClNOS/c1-3-10(2)15-13(16)9-17-8-11-6-4-5-7-12(11)14/h4-7,10H,3,8-9H2,1-2H3,(H,15,16). The number of carbonyl (C=O) groups excluding carboxylic acids is 1. The lowest BCUT2D eigenvalue weighted by Crippen LogP contribution is -2.33.